The average Bonchev–Trinajstić information content (AvgIpc) is 3.91. The van der Waals surface area contributed by atoms with Crippen molar-refractivity contribution in [3.63, 3.8) is 0 Å². The Balaban J connectivity index is 1.06. The van der Waals surface area contributed by atoms with Crippen LogP contribution in [0.25, 0.3) is 67.3 Å². The molecule has 0 unspecified atom stereocenters. The highest BCUT2D eigenvalue weighted by atomic mass is 15.3. The molecule has 4 nitrogen and oxygen atoms in total. The van der Waals surface area contributed by atoms with Crippen LogP contribution in [-0.2, 0) is 21.7 Å². The van der Waals surface area contributed by atoms with Gasteiger partial charge in [0, 0.05) is 44.2 Å². The van der Waals surface area contributed by atoms with Crippen LogP contribution in [0.5, 0.6) is 0 Å². The van der Waals surface area contributed by atoms with Gasteiger partial charge in [-0.3, -0.25) is 4.90 Å². The van der Waals surface area contributed by atoms with Crippen LogP contribution in [-0.4, -0.2) is 15.0 Å². The van der Waals surface area contributed by atoms with Gasteiger partial charge in [-0.2, -0.15) is 9.97 Å². The summed E-state index contributed by atoms with van der Waals surface area (Å²) in [6.45, 7) is 18.7. The van der Waals surface area contributed by atoms with Gasteiger partial charge in [-0.05, 0) is 125 Å². The quantitative estimate of drug-likeness (QED) is 0.173. The van der Waals surface area contributed by atoms with Crippen LogP contribution >= 0.6 is 0 Å². The van der Waals surface area contributed by atoms with Gasteiger partial charge >= 0.3 is 0 Å². The number of benzene rings is 8. The topological polar surface area (TPSA) is 41.9 Å². The first-order valence-corrected chi connectivity index (χ1v) is 23.8. The van der Waals surface area contributed by atoms with Crippen molar-refractivity contribution in [2.24, 2.45) is 0 Å². The second-order valence-corrected chi connectivity index (χ2v) is 21.3. The Hall–Kier alpha value is -7.43. The van der Waals surface area contributed by atoms with Gasteiger partial charge in [0.05, 0.1) is 0 Å². The Morgan fingerprint density at radius 1 is 0.284 bits per heavy atom. The molecule has 0 bridgehead atoms. The Kier molecular flexibility index (Phi) is 8.08. The third-order valence-electron chi connectivity index (χ3n) is 16.2. The normalized spacial score (nSPS) is 16.2. The lowest BCUT2D eigenvalue weighted by atomic mass is 9.82. The first-order valence-electron chi connectivity index (χ1n) is 23.8. The van der Waals surface area contributed by atoms with E-state index in [1.54, 1.807) is 0 Å². The van der Waals surface area contributed by atoms with Gasteiger partial charge in [-0.25, -0.2) is 4.98 Å². The zero-order valence-corrected chi connectivity index (χ0v) is 39.5. The smallest absolute Gasteiger partial charge is 0.238 e. The van der Waals surface area contributed by atoms with Crippen molar-refractivity contribution in [3.8, 4) is 67.3 Å². The summed E-state index contributed by atoms with van der Waals surface area (Å²) in [4.78, 5) is 18.9. The monoisotopic (exact) mass is 864 g/mol. The van der Waals surface area contributed by atoms with E-state index in [9.17, 15) is 0 Å². The van der Waals surface area contributed by atoms with Crippen molar-refractivity contribution in [1.29, 1.82) is 0 Å². The second-order valence-electron chi connectivity index (χ2n) is 21.3. The molecule has 4 aliphatic carbocycles. The van der Waals surface area contributed by atoms with E-state index in [1.807, 2.05) is 0 Å². The molecule has 8 aromatic carbocycles. The summed E-state index contributed by atoms with van der Waals surface area (Å²) in [6, 6.07) is 62.9. The van der Waals surface area contributed by atoms with Crippen LogP contribution in [0.15, 0.2) is 170 Å². The zero-order chi connectivity index (χ0) is 45.8. The van der Waals surface area contributed by atoms with Gasteiger partial charge in [-0.1, -0.05) is 189 Å². The molecule has 0 atom stereocenters. The summed E-state index contributed by atoms with van der Waals surface area (Å²) in [7, 11) is 0. The van der Waals surface area contributed by atoms with Crippen molar-refractivity contribution in [1.82, 2.24) is 15.0 Å². The van der Waals surface area contributed by atoms with Crippen molar-refractivity contribution in [2.45, 2.75) is 77.0 Å². The van der Waals surface area contributed by atoms with E-state index in [2.05, 4.69) is 230 Å². The maximum Gasteiger partial charge on any atom is 0.238 e. The van der Waals surface area contributed by atoms with Gasteiger partial charge in [0.25, 0.3) is 0 Å². The fourth-order valence-corrected chi connectivity index (χ4v) is 12.5. The minimum Gasteiger partial charge on any atom is -0.279 e. The average molecular weight is 865 g/mol. The van der Waals surface area contributed by atoms with Crippen molar-refractivity contribution >= 4 is 17.3 Å². The first kappa shape index (κ1) is 39.9. The Labute approximate surface area is 394 Å². The van der Waals surface area contributed by atoms with E-state index in [0.29, 0.717) is 17.6 Å². The van der Waals surface area contributed by atoms with E-state index in [4.69, 9.17) is 15.0 Å². The molecule has 0 N–H and O–H groups in total. The SMILES string of the molecule is CC1(C)c2ccccc2-c2cc(-c3nc(-c4ccc5c(c4)-c4ccccc4C5(C)C)nc(N(c4ccc5c(c4)C(C)(C)c4ccccc4-5)c4ccc5c(c4)C(C)(C)c4ccccc4-5)n3)ccc21. The molecule has 9 aromatic rings. The van der Waals surface area contributed by atoms with Crippen LogP contribution < -0.4 is 4.90 Å². The van der Waals surface area contributed by atoms with E-state index in [0.717, 1.165) is 22.5 Å². The minimum atomic E-state index is -0.201. The van der Waals surface area contributed by atoms with Gasteiger partial charge in [0.2, 0.25) is 5.95 Å². The largest absolute Gasteiger partial charge is 0.279 e. The van der Waals surface area contributed by atoms with Crippen molar-refractivity contribution in [3.05, 3.63) is 214 Å². The number of anilines is 3. The van der Waals surface area contributed by atoms with Crippen LogP contribution in [0.4, 0.5) is 17.3 Å². The third-order valence-corrected chi connectivity index (χ3v) is 16.2. The summed E-state index contributed by atoms with van der Waals surface area (Å²) in [5, 5.41) is 0. The number of rotatable bonds is 5. The number of hydrogen-bond acceptors (Lipinski definition) is 4. The molecule has 0 saturated heterocycles. The highest BCUT2D eigenvalue weighted by molar-refractivity contribution is 5.90. The molecule has 1 aromatic heterocycles. The molecule has 4 heteroatoms. The summed E-state index contributed by atoms with van der Waals surface area (Å²) >= 11 is 0. The molecule has 324 valence electrons. The molecule has 67 heavy (non-hydrogen) atoms. The Bertz CT molecular complexity index is 3370. The van der Waals surface area contributed by atoms with Gasteiger partial charge in [0.1, 0.15) is 0 Å². The molecule has 1 heterocycles. The highest BCUT2D eigenvalue weighted by Gasteiger charge is 2.40. The summed E-state index contributed by atoms with van der Waals surface area (Å²) < 4.78 is 0. The van der Waals surface area contributed by atoms with E-state index >= 15 is 0 Å². The minimum absolute atomic E-state index is 0.118. The van der Waals surface area contributed by atoms with Crippen molar-refractivity contribution in [2.75, 3.05) is 4.90 Å². The molecule has 0 fully saturated rings. The molecule has 0 radical (unpaired) electrons. The predicted octanol–water partition coefficient (Wildman–Crippen LogP) is 15.9. The van der Waals surface area contributed by atoms with Gasteiger partial charge in [0.15, 0.2) is 11.6 Å². The molecule has 4 aliphatic rings. The lowest BCUT2D eigenvalue weighted by Crippen LogP contribution is -2.19. The van der Waals surface area contributed by atoms with Crippen LogP contribution in [0.2, 0.25) is 0 Å². The van der Waals surface area contributed by atoms with Gasteiger partial charge in [-0.15, -0.1) is 0 Å². The van der Waals surface area contributed by atoms with Crippen LogP contribution in [0.3, 0.4) is 0 Å². The van der Waals surface area contributed by atoms with Crippen molar-refractivity contribution < 1.29 is 0 Å². The molecule has 13 rings (SSSR count). The third kappa shape index (κ3) is 5.50. The zero-order valence-electron chi connectivity index (χ0n) is 39.5. The van der Waals surface area contributed by atoms with E-state index in [1.165, 1.54) is 89.0 Å². The molecule has 0 saturated carbocycles. The first-order chi connectivity index (χ1) is 32.2. The predicted molar refractivity (Wildman–Crippen MR) is 276 cm³/mol. The Morgan fingerprint density at radius 2 is 0.597 bits per heavy atom. The molecule has 0 aliphatic heterocycles. The summed E-state index contributed by atoms with van der Waals surface area (Å²) in [5.41, 5.74) is 24.0. The highest BCUT2D eigenvalue weighted by Crippen LogP contribution is 2.55. The number of fused-ring (bicyclic) bond motifs is 12. The van der Waals surface area contributed by atoms with Crippen LogP contribution in [0.1, 0.15) is 99.9 Å². The number of nitrogens with zero attached hydrogens (tertiary/aromatic N) is 4. The number of hydrogen-bond donors (Lipinski definition) is 0. The second kappa shape index (κ2) is 13.6. The summed E-state index contributed by atoms with van der Waals surface area (Å²) in [6.07, 6.45) is 0. The fraction of sp³-hybridized carbons (Fsp3) is 0.190. The summed E-state index contributed by atoms with van der Waals surface area (Å²) in [5.74, 6) is 1.85. The molecular weight excluding hydrogens is 813 g/mol. The number of aromatic nitrogens is 3. The fourth-order valence-electron chi connectivity index (χ4n) is 12.5. The Morgan fingerprint density at radius 3 is 0.985 bits per heavy atom. The van der Waals surface area contributed by atoms with E-state index < -0.39 is 0 Å². The lowest BCUT2D eigenvalue weighted by Gasteiger charge is -2.28. The molecular formula is C63H52N4. The standard InChI is InChI=1S/C63H52N4/c1-60(2)51-23-15-11-19-43(51)47-33-37(25-31-53(47)60)57-64-58(38-26-32-54-48(34-38)44-20-12-16-24-52(44)61(54,3)4)66-59(65-57)67(39-27-29-45-41-17-9-13-21-49(41)62(5,6)55(45)35-39)40-28-30-46-42-18-10-14-22-50(42)63(7,8)56(46)36-40/h9-36H,1-8H3. The van der Waals surface area contributed by atoms with Crippen LogP contribution in [0, 0.1) is 0 Å². The molecule has 0 amide bonds. The maximum atomic E-state index is 5.57. The lowest BCUT2D eigenvalue weighted by molar-refractivity contribution is 0.660. The maximum absolute atomic E-state index is 5.57. The van der Waals surface area contributed by atoms with Gasteiger partial charge < -0.3 is 0 Å². The molecule has 0 spiro atoms. The van der Waals surface area contributed by atoms with E-state index in [-0.39, 0.29) is 21.7 Å².